The van der Waals surface area contributed by atoms with E-state index in [1.807, 2.05) is 38.1 Å². The molecule has 160 valence electrons. The van der Waals surface area contributed by atoms with Crippen LogP contribution in [0.3, 0.4) is 0 Å². The Balaban J connectivity index is 1.55. The number of piperidine rings is 1. The Labute approximate surface area is 177 Å². The van der Waals surface area contributed by atoms with Crippen LogP contribution in [-0.2, 0) is 14.8 Å². The van der Waals surface area contributed by atoms with Gasteiger partial charge in [-0.05, 0) is 51.0 Å². The van der Waals surface area contributed by atoms with Gasteiger partial charge in [0.2, 0.25) is 15.9 Å². The number of para-hydroxylation sites is 1. The van der Waals surface area contributed by atoms with Crippen LogP contribution >= 0.6 is 0 Å². The summed E-state index contributed by atoms with van der Waals surface area (Å²) in [5, 5.41) is 4.05. The number of sulfonamides is 1. The van der Waals surface area contributed by atoms with Crippen molar-refractivity contribution in [2.45, 2.75) is 31.6 Å². The van der Waals surface area contributed by atoms with Crippen molar-refractivity contribution in [3.63, 3.8) is 0 Å². The second-order valence-corrected chi connectivity index (χ2v) is 9.13. The van der Waals surface area contributed by atoms with E-state index >= 15 is 0 Å². The summed E-state index contributed by atoms with van der Waals surface area (Å²) in [4.78, 5) is 12.7. The van der Waals surface area contributed by atoms with Crippen LogP contribution < -0.4 is 10.2 Å². The van der Waals surface area contributed by atoms with Gasteiger partial charge >= 0.3 is 0 Å². The van der Waals surface area contributed by atoms with Crippen LogP contribution in [0, 0.1) is 12.8 Å². The van der Waals surface area contributed by atoms with Crippen molar-refractivity contribution in [1.82, 2.24) is 9.73 Å². The molecule has 0 radical (unpaired) electrons. The van der Waals surface area contributed by atoms with Crippen LogP contribution in [0.15, 0.2) is 58.5 Å². The molecule has 1 N–H and O–H groups in total. The lowest BCUT2D eigenvalue weighted by Crippen LogP contribution is -2.42. The second-order valence-electron chi connectivity index (χ2n) is 7.20. The van der Waals surface area contributed by atoms with Crippen molar-refractivity contribution in [2.75, 3.05) is 19.7 Å². The predicted molar refractivity (Wildman–Crippen MR) is 116 cm³/mol. The van der Waals surface area contributed by atoms with E-state index in [-0.39, 0.29) is 16.7 Å². The number of hydrazone groups is 1. The third kappa shape index (κ3) is 5.25. The largest absolute Gasteiger partial charge is 0.493 e. The summed E-state index contributed by atoms with van der Waals surface area (Å²) < 4.78 is 32.5. The van der Waals surface area contributed by atoms with Crippen molar-refractivity contribution in [1.29, 1.82) is 0 Å². The number of hydrogen-bond donors (Lipinski definition) is 1. The molecule has 0 bridgehead atoms. The number of nitrogens with zero attached hydrogens (tertiary/aromatic N) is 2. The topological polar surface area (TPSA) is 88.1 Å². The normalized spacial score (nSPS) is 15.9. The number of hydrogen-bond acceptors (Lipinski definition) is 5. The van der Waals surface area contributed by atoms with E-state index in [4.69, 9.17) is 4.74 Å². The number of ether oxygens (including phenoxy) is 1. The van der Waals surface area contributed by atoms with Gasteiger partial charge in [-0.1, -0.05) is 29.8 Å². The van der Waals surface area contributed by atoms with Gasteiger partial charge in [-0.2, -0.15) is 9.41 Å². The number of nitrogens with one attached hydrogen (secondary N) is 1. The molecule has 1 aliphatic heterocycles. The van der Waals surface area contributed by atoms with E-state index in [0.717, 1.165) is 11.1 Å². The SMILES string of the molecule is CCOc1ccccc1/C=N\NC(=O)C1CCN(S(=O)(=O)c2ccc(C)cc2)CC1. The summed E-state index contributed by atoms with van der Waals surface area (Å²) in [6.45, 7) is 4.98. The number of carbonyl (C=O) groups excluding carboxylic acids is 1. The summed E-state index contributed by atoms with van der Waals surface area (Å²) in [7, 11) is -3.53. The number of amides is 1. The molecule has 2 aromatic rings. The summed E-state index contributed by atoms with van der Waals surface area (Å²) in [5.41, 5.74) is 4.35. The molecule has 7 nitrogen and oxygen atoms in total. The van der Waals surface area contributed by atoms with Gasteiger partial charge in [-0.25, -0.2) is 13.8 Å². The van der Waals surface area contributed by atoms with E-state index in [0.29, 0.717) is 38.3 Å². The van der Waals surface area contributed by atoms with E-state index in [1.54, 1.807) is 30.5 Å². The molecule has 0 aromatic heterocycles. The van der Waals surface area contributed by atoms with E-state index in [9.17, 15) is 13.2 Å². The van der Waals surface area contributed by atoms with Gasteiger partial charge in [0.15, 0.2) is 0 Å². The molecule has 0 aliphatic carbocycles. The van der Waals surface area contributed by atoms with E-state index in [2.05, 4.69) is 10.5 Å². The highest BCUT2D eigenvalue weighted by molar-refractivity contribution is 7.89. The molecule has 8 heteroatoms. The number of benzene rings is 2. The van der Waals surface area contributed by atoms with Crippen molar-refractivity contribution in [3.8, 4) is 5.75 Å². The highest BCUT2D eigenvalue weighted by Crippen LogP contribution is 2.24. The summed E-state index contributed by atoms with van der Waals surface area (Å²) >= 11 is 0. The first kappa shape index (κ1) is 22.0. The maximum atomic E-state index is 12.8. The fourth-order valence-corrected chi connectivity index (χ4v) is 4.82. The molecule has 30 heavy (non-hydrogen) atoms. The van der Waals surface area contributed by atoms with Gasteiger partial charge in [0.25, 0.3) is 0 Å². The Hall–Kier alpha value is -2.71. The van der Waals surface area contributed by atoms with Crippen molar-refractivity contribution >= 4 is 22.1 Å². The van der Waals surface area contributed by atoms with Crippen LogP contribution in [0.4, 0.5) is 0 Å². The standard InChI is InChI=1S/C22H27N3O4S/c1-3-29-21-7-5-4-6-19(21)16-23-24-22(26)18-12-14-25(15-13-18)30(27,28)20-10-8-17(2)9-11-20/h4-11,16,18H,3,12-15H2,1-2H3,(H,24,26)/b23-16-. The third-order valence-electron chi connectivity index (χ3n) is 5.08. The smallest absolute Gasteiger partial charge is 0.243 e. The highest BCUT2D eigenvalue weighted by atomic mass is 32.2. The van der Waals surface area contributed by atoms with Crippen LogP contribution in [0.5, 0.6) is 5.75 Å². The lowest BCUT2D eigenvalue weighted by Gasteiger charge is -2.30. The summed E-state index contributed by atoms with van der Waals surface area (Å²) in [6.07, 6.45) is 2.48. The minimum absolute atomic E-state index is 0.201. The zero-order valence-corrected chi connectivity index (χ0v) is 18.1. The van der Waals surface area contributed by atoms with Crippen LogP contribution in [0.2, 0.25) is 0 Å². The summed E-state index contributed by atoms with van der Waals surface area (Å²) in [6, 6.07) is 14.3. The Morgan fingerprint density at radius 1 is 1.17 bits per heavy atom. The molecule has 0 atom stereocenters. The van der Waals surface area contributed by atoms with Crippen LogP contribution in [-0.4, -0.2) is 44.5 Å². The Kier molecular flexibility index (Phi) is 7.23. The lowest BCUT2D eigenvalue weighted by atomic mass is 9.98. The molecule has 2 aromatic carbocycles. The molecule has 0 spiro atoms. The maximum absolute atomic E-state index is 12.8. The number of rotatable bonds is 7. The fourth-order valence-electron chi connectivity index (χ4n) is 3.35. The molecule has 1 amide bonds. The maximum Gasteiger partial charge on any atom is 0.243 e. The molecule has 0 saturated carbocycles. The molecule has 0 unspecified atom stereocenters. The number of carbonyl (C=O) groups is 1. The monoisotopic (exact) mass is 429 g/mol. The lowest BCUT2D eigenvalue weighted by molar-refractivity contribution is -0.126. The fraction of sp³-hybridized carbons (Fsp3) is 0.364. The van der Waals surface area contributed by atoms with Crippen LogP contribution in [0.1, 0.15) is 30.9 Å². The van der Waals surface area contributed by atoms with Crippen molar-refractivity contribution < 1.29 is 17.9 Å². The van der Waals surface area contributed by atoms with Gasteiger partial charge in [0.05, 0.1) is 17.7 Å². The van der Waals surface area contributed by atoms with Crippen molar-refractivity contribution in [3.05, 3.63) is 59.7 Å². The zero-order chi connectivity index (χ0) is 21.6. The minimum atomic E-state index is -3.53. The molecule has 3 rings (SSSR count). The quantitative estimate of drug-likeness (QED) is 0.541. The van der Waals surface area contributed by atoms with Gasteiger partial charge in [-0.3, -0.25) is 4.79 Å². The third-order valence-corrected chi connectivity index (χ3v) is 6.99. The molecule has 1 aliphatic rings. The second kappa shape index (κ2) is 9.86. The highest BCUT2D eigenvalue weighted by Gasteiger charge is 2.32. The first-order valence-corrected chi connectivity index (χ1v) is 11.5. The first-order valence-electron chi connectivity index (χ1n) is 10.0. The van der Waals surface area contributed by atoms with Gasteiger partial charge in [0.1, 0.15) is 5.75 Å². The Bertz CT molecular complexity index is 995. The molecular weight excluding hydrogens is 402 g/mol. The minimum Gasteiger partial charge on any atom is -0.493 e. The zero-order valence-electron chi connectivity index (χ0n) is 17.2. The average molecular weight is 430 g/mol. The van der Waals surface area contributed by atoms with Crippen molar-refractivity contribution in [2.24, 2.45) is 11.0 Å². The molecule has 1 fully saturated rings. The van der Waals surface area contributed by atoms with E-state index in [1.165, 1.54) is 4.31 Å². The van der Waals surface area contributed by atoms with Crippen LogP contribution in [0.25, 0.3) is 0 Å². The van der Waals surface area contributed by atoms with Gasteiger partial charge in [-0.15, -0.1) is 0 Å². The molecular formula is C22H27N3O4S. The first-order chi connectivity index (χ1) is 14.4. The Morgan fingerprint density at radius 2 is 1.83 bits per heavy atom. The van der Waals surface area contributed by atoms with E-state index < -0.39 is 10.0 Å². The van der Waals surface area contributed by atoms with Gasteiger partial charge in [0, 0.05) is 24.6 Å². The molecule has 1 saturated heterocycles. The van der Waals surface area contributed by atoms with Gasteiger partial charge < -0.3 is 4.74 Å². The summed E-state index contributed by atoms with van der Waals surface area (Å²) in [5.74, 6) is 0.230. The number of aryl methyl sites for hydroxylation is 1. The predicted octanol–water partition coefficient (Wildman–Crippen LogP) is 2.94. The average Bonchev–Trinajstić information content (AvgIpc) is 2.75. The molecule has 1 heterocycles. The Morgan fingerprint density at radius 3 is 2.50 bits per heavy atom.